The molecule has 0 radical (unpaired) electrons. The molecule has 0 saturated heterocycles. The van der Waals surface area contributed by atoms with E-state index in [0.29, 0.717) is 0 Å². The van der Waals surface area contributed by atoms with E-state index in [2.05, 4.69) is 182 Å². The van der Waals surface area contributed by atoms with Gasteiger partial charge in [-0.25, -0.2) is 0 Å². The van der Waals surface area contributed by atoms with Crippen LogP contribution in [0.1, 0.15) is 0 Å². The largest absolute Gasteiger partial charge is 0.0622 e. The Morgan fingerprint density at radius 3 is 1.54 bits per heavy atom. The molecular formula is C48H30. The van der Waals surface area contributed by atoms with Gasteiger partial charge in [0.05, 0.1) is 0 Å². The van der Waals surface area contributed by atoms with Crippen LogP contribution in [0.25, 0.3) is 99.1 Å². The fourth-order valence-corrected chi connectivity index (χ4v) is 7.86. The van der Waals surface area contributed by atoms with E-state index < -0.39 is 0 Å². The second-order valence-electron chi connectivity index (χ2n) is 12.9. The van der Waals surface area contributed by atoms with E-state index in [0.717, 1.165) is 0 Å². The van der Waals surface area contributed by atoms with Gasteiger partial charge in [-0.1, -0.05) is 146 Å². The molecule has 9 aromatic rings. The van der Waals surface area contributed by atoms with Crippen LogP contribution in [0.15, 0.2) is 182 Å². The van der Waals surface area contributed by atoms with Crippen molar-refractivity contribution in [3.8, 4) is 66.8 Å². The molecule has 0 spiro atoms. The van der Waals surface area contributed by atoms with E-state index in [9.17, 15) is 0 Å². The van der Waals surface area contributed by atoms with Gasteiger partial charge in [0.25, 0.3) is 0 Å². The number of rotatable bonds is 4. The maximum Gasteiger partial charge on any atom is -0.00201 e. The Kier molecular flexibility index (Phi) is 5.98. The monoisotopic (exact) mass is 606 g/mol. The lowest BCUT2D eigenvalue weighted by molar-refractivity contribution is 1.59. The highest BCUT2D eigenvalue weighted by Gasteiger charge is 2.23. The first-order chi connectivity index (χ1) is 23.8. The van der Waals surface area contributed by atoms with Crippen molar-refractivity contribution in [3.05, 3.63) is 182 Å². The van der Waals surface area contributed by atoms with E-state index >= 15 is 0 Å². The standard InChI is InChI=1S/C48H30/c1-3-11-31(12-4-1)33-17-9-18-34(25-33)38-27-39-26-37(21-22-41(39)45(30-38)32-13-5-2-6-14-32)40-23-24-44-47-29-36-16-8-7-15-35(36)28-46(47)43-20-10-19-42(40)48(43)44/h1-30H. The molecule has 0 atom stereocenters. The van der Waals surface area contributed by atoms with Crippen molar-refractivity contribution in [2.24, 2.45) is 0 Å². The van der Waals surface area contributed by atoms with Crippen LogP contribution in [-0.2, 0) is 0 Å². The molecule has 0 aliphatic heterocycles. The van der Waals surface area contributed by atoms with Crippen LogP contribution in [0.5, 0.6) is 0 Å². The molecule has 0 saturated carbocycles. The summed E-state index contributed by atoms with van der Waals surface area (Å²) < 4.78 is 0. The maximum atomic E-state index is 2.40. The van der Waals surface area contributed by atoms with Crippen LogP contribution in [0.2, 0.25) is 0 Å². The van der Waals surface area contributed by atoms with Gasteiger partial charge in [-0.15, -0.1) is 0 Å². The predicted octanol–water partition coefficient (Wildman–Crippen LogP) is 13.5. The fraction of sp³-hybridized carbons (Fsp3) is 0. The summed E-state index contributed by atoms with van der Waals surface area (Å²) in [7, 11) is 0. The Morgan fingerprint density at radius 1 is 0.208 bits per heavy atom. The summed E-state index contributed by atoms with van der Waals surface area (Å²) in [4.78, 5) is 0. The van der Waals surface area contributed by atoms with Crippen molar-refractivity contribution in [1.29, 1.82) is 0 Å². The Bertz CT molecular complexity index is 2650. The molecule has 9 aromatic carbocycles. The zero-order valence-electron chi connectivity index (χ0n) is 26.3. The molecule has 1 aliphatic carbocycles. The third-order valence-corrected chi connectivity index (χ3v) is 10.2. The maximum absolute atomic E-state index is 2.40. The number of fused-ring (bicyclic) bond motifs is 5. The average molecular weight is 607 g/mol. The first-order valence-electron chi connectivity index (χ1n) is 16.7. The quantitative estimate of drug-likeness (QED) is 0.187. The summed E-state index contributed by atoms with van der Waals surface area (Å²) in [6.45, 7) is 0. The molecule has 0 aromatic heterocycles. The highest BCUT2D eigenvalue weighted by molar-refractivity contribution is 6.20. The molecule has 1 aliphatic rings. The minimum Gasteiger partial charge on any atom is -0.0622 e. The van der Waals surface area contributed by atoms with Crippen molar-refractivity contribution in [2.75, 3.05) is 0 Å². The van der Waals surface area contributed by atoms with E-state index in [4.69, 9.17) is 0 Å². The molecule has 0 heterocycles. The molecule has 0 unspecified atom stereocenters. The summed E-state index contributed by atoms with van der Waals surface area (Å²) in [5.41, 5.74) is 15.2. The third kappa shape index (κ3) is 4.24. The van der Waals surface area contributed by atoms with Gasteiger partial charge < -0.3 is 0 Å². The molecule has 0 nitrogen and oxygen atoms in total. The Balaban J connectivity index is 1.16. The smallest absolute Gasteiger partial charge is 0.00201 e. The van der Waals surface area contributed by atoms with Crippen LogP contribution in [0.4, 0.5) is 0 Å². The zero-order chi connectivity index (χ0) is 31.6. The lowest BCUT2D eigenvalue weighted by Crippen LogP contribution is -1.88. The third-order valence-electron chi connectivity index (χ3n) is 10.2. The highest BCUT2D eigenvalue weighted by atomic mass is 14.3. The summed E-state index contributed by atoms with van der Waals surface area (Å²) in [6, 6.07) is 67.0. The van der Waals surface area contributed by atoms with Crippen LogP contribution >= 0.6 is 0 Å². The summed E-state index contributed by atoms with van der Waals surface area (Å²) in [6.07, 6.45) is 0. The lowest BCUT2D eigenvalue weighted by Gasteiger charge is -2.15. The van der Waals surface area contributed by atoms with Gasteiger partial charge in [0.15, 0.2) is 0 Å². The lowest BCUT2D eigenvalue weighted by atomic mass is 9.89. The molecular weight excluding hydrogens is 577 g/mol. The number of benzene rings is 9. The summed E-state index contributed by atoms with van der Waals surface area (Å²) >= 11 is 0. The molecule has 222 valence electrons. The van der Waals surface area contributed by atoms with Crippen molar-refractivity contribution < 1.29 is 0 Å². The van der Waals surface area contributed by atoms with E-state index in [1.807, 2.05) is 0 Å². The first kappa shape index (κ1) is 26.9. The van der Waals surface area contributed by atoms with Crippen LogP contribution in [0.3, 0.4) is 0 Å². The Hall–Kier alpha value is -6.24. The summed E-state index contributed by atoms with van der Waals surface area (Å²) in [5, 5.41) is 7.74. The van der Waals surface area contributed by atoms with Crippen molar-refractivity contribution in [2.45, 2.75) is 0 Å². The van der Waals surface area contributed by atoms with Crippen LogP contribution < -0.4 is 0 Å². The molecule has 0 amide bonds. The zero-order valence-corrected chi connectivity index (χ0v) is 26.3. The normalized spacial score (nSPS) is 11.8. The van der Waals surface area contributed by atoms with E-state index in [1.54, 1.807) is 0 Å². The average Bonchev–Trinajstić information content (AvgIpc) is 3.47. The van der Waals surface area contributed by atoms with E-state index in [-0.39, 0.29) is 0 Å². The fourth-order valence-electron chi connectivity index (χ4n) is 7.86. The summed E-state index contributed by atoms with van der Waals surface area (Å²) in [5.74, 6) is 0. The van der Waals surface area contributed by atoms with Gasteiger partial charge in [-0.05, 0) is 135 Å². The molecule has 10 rings (SSSR count). The minimum atomic E-state index is 1.22. The highest BCUT2D eigenvalue weighted by Crippen LogP contribution is 2.50. The van der Waals surface area contributed by atoms with Crippen molar-refractivity contribution >= 4 is 32.3 Å². The second kappa shape index (κ2) is 10.7. The van der Waals surface area contributed by atoms with Gasteiger partial charge in [0, 0.05) is 0 Å². The first-order valence-corrected chi connectivity index (χ1v) is 16.7. The Labute approximate surface area is 280 Å². The molecule has 0 heteroatoms. The van der Waals surface area contributed by atoms with Gasteiger partial charge in [0.2, 0.25) is 0 Å². The Morgan fingerprint density at radius 2 is 0.792 bits per heavy atom. The van der Waals surface area contributed by atoms with Gasteiger partial charge >= 0.3 is 0 Å². The SMILES string of the molecule is c1ccc(-c2cccc(-c3cc(-c4ccccc4)c4ccc(-c5ccc6c7c(cccc57)-c5cc7ccccc7cc5-6)cc4c3)c2)cc1. The van der Waals surface area contributed by atoms with Crippen molar-refractivity contribution in [3.63, 3.8) is 0 Å². The topological polar surface area (TPSA) is 0 Å². The molecule has 48 heavy (non-hydrogen) atoms. The van der Waals surface area contributed by atoms with Crippen molar-refractivity contribution in [1.82, 2.24) is 0 Å². The van der Waals surface area contributed by atoms with Crippen LogP contribution in [0, 0.1) is 0 Å². The number of hydrogen-bond donors (Lipinski definition) is 0. The second-order valence-corrected chi connectivity index (χ2v) is 12.9. The number of hydrogen-bond acceptors (Lipinski definition) is 0. The molecule has 0 fully saturated rings. The van der Waals surface area contributed by atoms with Gasteiger partial charge in [-0.2, -0.15) is 0 Å². The van der Waals surface area contributed by atoms with E-state index in [1.165, 1.54) is 99.1 Å². The van der Waals surface area contributed by atoms with Crippen LogP contribution in [-0.4, -0.2) is 0 Å². The van der Waals surface area contributed by atoms with Gasteiger partial charge in [0.1, 0.15) is 0 Å². The molecule has 0 N–H and O–H groups in total. The molecule has 0 bridgehead atoms. The predicted molar refractivity (Wildman–Crippen MR) is 205 cm³/mol. The minimum absolute atomic E-state index is 1.22. The van der Waals surface area contributed by atoms with Gasteiger partial charge in [-0.3, -0.25) is 0 Å².